The maximum atomic E-state index is 12.3. The van der Waals surface area contributed by atoms with Gasteiger partial charge in [0.15, 0.2) is 17.6 Å². The Bertz CT molecular complexity index is 904. The van der Waals surface area contributed by atoms with E-state index in [1.165, 1.54) is 0 Å². The minimum absolute atomic E-state index is 0.246. The SMILES string of the molecule is Cc1nc2cc(NC(=O)[C@H](C)Oc3ccc(Cl)cc3C)ccc2o1. The summed E-state index contributed by atoms with van der Waals surface area (Å²) in [5.74, 6) is 0.969. The van der Waals surface area contributed by atoms with Gasteiger partial charge in [-0.15, -0.1) is 0 Å². The molecule has 3 rings (SSSR count). The molecule has 3 aromatic rings. The molecule has 1 aromatic heterocycles. The smallest absolute Gasteiger partial charge is 0.265 e. The Morgan fingerprint density at radius 3 is 2.79 bits per heavy atom. The van der Waals surface area contributed by atoms with Crippen molar-refractivity contribution in [2.75, 3.05) is 5.32 Å². The highest BCUT2D eigenvalue weighted by Gasteiger charge is 2.16. The van der Waals surface area contributed by atoms with Gasteiger partial charge in [0.1, 0.15) is 11.3 Å². The summed E-state index contributed by atoms with van der Waals surface area (Å²) in [4.78, 5) is 16.6. The number of aromatic nitrogens is 1. The molecule has 0 saturated carbocycles. The number of benzene rings is 2. The molecule has 0 aliphatic carbocycles. The average molecular weight is 345 g/mol. The second-order valence-electron chi connectivity index (χ2n) is 5.57. The van der Waals surface area contributed by atoms with E-state index in [1.807, 2.05) is 6.92 Å². The van der Waals surface area contributed by atoms with Gasteiger partial charge in [0, 0.05) is 17.6 Å². The van der Waals surface area contributed by atoms with Crippen molar-refractivity contribution >= 4 is 34.3 Å². The molecule has 0 aliphatic heterocycles. The fourth-order valence-corrected chi connectivity index (χ4v) is 2.58. The standard InChI is InChI=1S/C18H17ClN2O3/c1-10-8-13(19)4-6-16(10)23-11(2)18(22)21-14-5-7-17-15(9-14)20-12(3)24-17/h4-9,11H,1-3H3,(H,21,22)/t11-/m0/s1. The number of rotatable bonds is 4. The molecule has 0 bridgehead atoms. The van der Waals surface area contributed by atoms with Crippen LogP contribution in [0.5, 0.6) is 5.75 Å². The third-order valence-electron chi connectivity index (χ3n) is 3.57. The van der Waals surface area contributed by atoms with E-state index < -0.39 is 6.10 Å². The number of carbonyl (C=O) groups is 1. The third kappa shape index (κ3) is 3.51. The van der Waals surface area contributed by atoms with E-state index in [1.54, 1.807) is 50.2 Å². The third-order valence-corrected chi connectivity index (χ3v) is 3.81. The molecular formula is C18H17ClN2O3. The number of ether oxygens (including phenoxy) is 1. The van der Waals surface area contributed by atoms with E-state index in [-0.39, 0.29) is 5.91 Å². The number of halogens is 1. The molecule has 2 aromatic carbocycles. The first-order valence-corrected chi connectivity index (χ1v) is 7.91. The second kappa shape index (κ2) is 6.53. The lowest BCUT2D eigenvalue weighted by atomic mass is 10.2. The van der Waals surface area contributed by atoms with Gasteiger partial charge >= 0.3 is 0 Å². The van der Waals surface area contributed by atoms with Gasteiger partial charge < -0.3 is 14.5 Å². The van der Waals surface area contributed by atoms with Gasteiger partial charge in [-0.3, -0.25) is 4.79 Å². The van der Waals surface area contributed by atoms with Crippen LogP contribution in [0.1, 0.15) is 18.4 Å². The van der Waals surface area contributed by atoms with Crippen LogP contribution in [0, 0.1) is 13.8 Å². The first-order chi connectivity index (χ1) is 11.4. The number of anilines is 1. The minimum Gasteiger partial charge on any atom is -0.481 e. The topological polar surface area (TPSA) is 64.4 Å². The number of carbonyl (C=O) groups excluding carboxylic acids is 1. The lowest BCUT2D eigenvalue weighted by Gasteiger charge is -2.16. The quantitative estimate of drug-likeness (QED) is 0.756. The van der Waals surface area contributed by atoms with Crippen molar-refractivity contribution in [3.63, 3.8) is 0 Å². The summed E-state index contributed by atoms with van der Waals surface area (Å²) in [6.07, 6.45) is -0.653. The zero-order valence-corrected chi connectivity index (χ0v) is 14.3. The van der Waals surface area contributed by atoms with Gasteiger partial charge in [0.2, 0.25) is 0 Å². The van der Waals surface area contributed by atoms with Crippen LogP contribution in [-0.2, 0) is 4.79 Å². The molecule has 1 N–H and O–H groups in total. The molecule has 0 fully saturated rings. The van der Waals surface area contributed by atoms with E-state index in [0.29, 0.717) is 33.4 Å². The molecule has 124 valence electrons. The number of amides is 1. The van der Waals surface area contributed by atoms with Crippen molar-refractivity contribution in [2.45, 2.75) is 26.9 Å². The Labute approximate surface area is 144 Å². The van der Waals surface area contributed by atoms with Gasteiger partial charge in [-0.1, -0.05) is 11.6 Å². The number of nitrogens with one attached hydrogen (secondary N) is 1. The fraction of sp³-hybridized carbons (Fsp3) is 0.222. The van der Waals surface area contributed by atoms with Crippen LogP contribution in [0.4, 0.5) is 5.69 Å². The average Bonchev–Trinajstić information content (AvgIpc) is 2.89. The Hall–Kier alpha value is -2.53. The molecule has 24 heavy (non-hydrogen) atoms. The summed E-state index contributed by atoms with van der Waals surface area (Å²) >= 11 is 5.92. The highest BCUT2D eigenvalue weighted by Crippen LogP contribution is 2.24. The monoisotopic (exact) mass is 344 g/mol. The second-order valence-corrected chi connectivity index (χ2v) is 6.01. The van der Waals surface area contributed by atoms with Gasteiger partial charge in [-0.05, 0) is 55.8 Å². The van der Waals surface area contributed by atoms with Crippen LogP contribution < -0.4 is 10.1 Å². The number of nitrogens with zero attached hydrogens (tertiary/aromatic N) is 1. The van der Waals surface area contributed by atoms with Gasteiger partial charge in [0.05, 0.1) is 0 Å². The van der Waals surface area contributed by atoms with Crippen molar-refractivity contribution in [2.24, 2.45) is 0 Å². The maximum absolute atomic E-state index is 12.3. The first-order valence-electron chi connectivity index (χ1n) is 7.53. The molecule has 0 saturated heterocycles. The lowest BCUT2D eigenvalue weighted by Crippen LogP contribution is -2.30. The van der Waals surface area contributed by atoms with Crippen molar-refractivity contribution in [1.29, 1.82) is 0 Å². The maximum Gasteiger partial charge on any atom is 0.265 e. The zero-order valence-electron chi connectivity index (χ0n) is 13.6. The van der Waals surface area contributed by atoms with Crippen molar-refractivity contribution in [3.05, 3.63) is 52.9 Å². The normalized spacial score (nSPS) is 12.2. The predicted molar refractivity (Wildman–Crippen MR) is 93.7 cm³/mol. The van der Waals surface area contributed by atoms with E-state index in [9.17, 15) is 4.79 Å². The Morgan fingerprint density at radius 1 is 1.25 bits per heavy atom. The van der Waals surface area contributed by atoms with E-state index >= 15 is 0 Å². The van der Waals surface area contributed by atoms with E-state index in [4.69, 9.17) is 20.8 Å². The summed E-state index contributed by atoms with van der Waals surface area (Å²) in [6, 6.07) is 10.6. The van der Waals surface area contributed by atoms with Crippen molar-refractivity contribution < 1.29 is 13.9 Å². The molecule has 6 heteroatoms. The molecule has 0 aliphatic rings. The van der Waals surface area contributed by atoms with Crippen LogP contribution in [0.2, 0.25) is 5.02 Å². The number of oxazole rings is 1. The molecule has 0 unspecified atom stereocenters. The Kier molecular flexibility index (Phi) is 4.44. The largest absolute Gasteiger partial charge is 0.481 e. The molecule has 1 heterocycles. The van der Waals surface area contributed by atoms with Crippen LogP contribution in [0.15, 0.2) is 40.8 Å². The van der Waals surface area contributed by atoms with Gasteiger partial charge in [0.25, 0.3) is 5.91 Å². The van der Waals surface area contributed by atoms with Crippen molar-refractivity contribution in [1.82, 2.24) is 4.98 Å². The zero-order chi connectivity index (χ0) is 17.3. The molecule has 5 nitrogen and oxygen atoms in total. The van der Waals surface area contributed by atoms with E-state index in [2.05, 4.69) is 10.3 Å². The summed E-state index contributed by atoms with van der Waals surface area (Å²) in [5.41, 5.74) is 2.91. The number of aryl methyl sites for hydroxylation is 2. The Morgan fingerprint density at radius 2 is 2.04 bits per heavy atom. The predicted octanol–water partition coefficient (Wildman–Crippen LogP) is 4.50. The Balaban J connectivity index is 1.70. The van der Waals surface area contributed by atoms with E-state index in [0.717, 1.165) is 5.56 Å². The van der Waals surface area contributed by atoms with Crippen LogP contribution in [-0.4, -0.2) is 17.0 Å². The molecular weight excluding hydrogens is 328 g/mol. The highest BCUT2D eigenvalue weighted by molar-refractivity contribution is 6.30. The van der Waals surface area contributed by atoms with Gasteiger partial charge in [-0.25, -0.2) is 4.98 Å². The van der Waals surface area contributed by atoms with Crippen LogP contribution in [0.3, 0.4) is 0 Å². The highest BCUT2D eigenvalue weighted by atomic mass is 35.5. The molecule has 1 atom stereocenters. The van der Waals surface area contributed by atoms with Crippen LogP contribution in [0.25, 0.3) is 11.1 Å². The van der Waals surface area contributed by atoms with Crippen molar-refractivity contribution in [3.8, 4) is 5.75 Å². The summed E-state index contributed by atoms with van der Waals surface area (Å²) < 4.78 is 11.1. The van der Waals surface area contributed by atoms with Crippen LogP contribution >= 0.6 is 11.6 Å². The minimum atomic E-state index is -0.653. The number of hydrogen-bond donors (Lipinski definition) is 1. The van der Waals surface area contributed by atoms with Gasteiger partial charge in [-0.2, -0.15) is 0 Å². The lowest BCUT2D eigenvalue weighted by molar-refractivity contribution is -0.122. The molecule has 0 spiro atoms. The first kappa shape index (κ1) is 16.3. The summed E-state index contributed by atoms with van der Waals surface area (Å²) in [5, 5.41) is 3.46. The molecule has 0 radical (unpaired) electrons. The molecule has 1 amide bonds. The summed E-state index contributed by atoms with van der Waals surface area (Å²) in [6.45, 7) is 5.36. The summed E-state index contributed by atoms with van der Waals surface area (Å²) in [7, 11) is 0. The number of hydrogen-bond acceptors (Lipinski definition) is 4. The number of fused-ring (bicyclic) bond motifs is 1. The fourth-order valence-electron chi connectivity index (χ4n) is 2.35.